The number of aliphatic hydroxyl groups excluding tert-OH is 4. The van der Waals surface area contributed by atoms with E-state index in [1.165, 1.54) is 12.2 Å². The molecule has 0 heterocycles. The van der Waals surface area contributed by atoms with Gasteiger partial charge in [-0.2, -0.15) is 0 Å². The third-order valence-electron chi connectivity index (χ3n) is 5.61. The minimum Gasteiger partial charge on any atom is -0.394 e. The van der Waals surface area contributed by atoms with Crippen LogP contribution in [0.15, 0.2) is 35.4 Å². The fourth-order valence-electron chi connectivity index (χ4n) is 3.48. The van der Waals surface area contributed by atoms with Gasteiger partial charge >= 0.3 is 0 Å². The molecule has 0 bridgehead atoms. The molecule has 8 N–H and O–H groups in total. The molecule has 0 aliphatic heterocycles. The highest BCUT2D eigenvalue weighted by molar-refractivity contribution is 6.22. The van der Waals surface area contributed by atoms with Crippen LogP contribution in [0.1, 0.15) is 11.1 Å². The van der Waals surface area contributed by atoms with E-state index in [1.54, 1.807) is 24.3 Å². The highest BCUT2D eigenvalue weighted by Gasteiger charge is 2.19. The molecule has 0 saturated heterocycles. The first kappa shape index (κ1) is 40.3. The molecule has 0 fully saturated rings. The maximum atomic E-state index is 12.9. The summed E-state index contributed by atoms with van der Waals surface area (Å²) in [5.41, 5.74) is 0.559. The Morgan fingerprint density at radius 1 is 0.457 bits per heavy atom. The van der Waals surface area contributed by atoms with Gasteiger partial charge in [0, 0.05) is 26.2 Å². The van der Waals surface area contributed by atoms with Crippen molar-refractivity contribution in [3.63, 3.8) is 0 Å². The molecule has 0 atom stereocenters. The van der Waals surface area contributed by atoms with Crippen molar-refractivity contribution < 1.29 is 58.6 Å². The maximum absolute atomic E-state index is 12.9. The number of ether oxygens (including phenoxy) is 4. The van der Waals surface area contributed by atoms with Gasteiger partial charge in [0.25, 0.3) is 23.6 Å². The molecule has 0 aromatic heterocycles. The molecule has 0 radical (unpaired) electrons. The lowest BCUT2D eigenvalue weighted by Gasteiger charge is -2.11. The number of aliphatic hydroxyl groups is 4. The molecule has 0 saturated carbocycles. The number of amides is 4. The Morgan fingerprint density at radius 3 is 0.913 bits per heavy atom. The van der Waals surface area contributed by atoms with Gasteiger partial charge in [0.2, 0.25) is 0 Å². The number of benzene rings is 1. The summed E-state index contributed by atoms with van der Waals surface area (Å²) in [6.07, 6.45) is 2.75. The summed E-state index contributed by atoms with van der Waals surface area (Å²) in [6, 6.07) is 6.39. The molecular weight excluding hydrogens is 608 g/mol. The van der Waals surface area contributed by atoms with Gasteiger partial charge < -0.3 is 60.6 Å². The molecule has 16 nitrogen and oxygen atoms in total. The largest absolute Gasteiger partial charge is 0.394 e. The van der Waals surface area contributed by atoms with Crippen LogP contribution in [0.5, 0.6) is 0 Å². The van der Waals surface area contributed by atoms with E-state index in [2.05, 4.69) is 21.3 Å². The zero-order valence-electron chi connectivity index (χ0n) is 25.8. The Bertz CT molecular complexity index is 955. The summed E-state index contributed by atoms with van der Waals surface area (Å²) in [6.45, 7) is 0.692. The molecule has 16 heteroatoms. The second kappa shape index (κ2) is 26.5. The van der Waals surface area contributed by atoms with Crippen molar-refractivity contribution >= 4 is 35.8 Å². The fourth-order valence-corrected chi connectivity index (χ4v) is 3.48. The monoisotopic (exact) mass is 654 g/mol. The first-order valence-corrected chi connectivity index (χ1v) is 14.8. The molecule has 4 amide bonds. The van der Waals surface area contributed by atoms with Gasteiger partial charge in [-0.1, -0.05) is 24.3 Å². The summed E-state index contributed by atoms with van der Waals surface area (Å²) in [5, 5.41) is 45.6. The van der Waals surface area contributed by atoms with Crippen LogP contribution in [0.4, 0.5) is 0 Å². The van der Waals surface area contributed by atoms with Crippen molar-refractivity contribution in [1.82, 2.24) is 21.3 Å². The van der Waals surface area contributed by atoms with Gasteiger partial charge in [-0.05, 0) is 23.3 Å². The van der Waals surface area contributed by atoms with Crippen LogP contribution in [0.25, 0.3) is 12.2 Å². The van der Waals surface area contributed by atoms with E-state index in [0.29, 0.717) is 11.1 Å². The van der Waals surface area contributed by atoms with E-state index in [0.717, 1.165) is 0 Å². The van der Waals surface area contributed by atoms with Crippen molar-refractivity contribution in [3.05, 3.63) is 46.5 Å². The number of nitrogens with one attached hydrogen (secondary N) is 4. The van der Waals surface area contributed by atoms with Crippen molar-refractivity contribution in [3.8, 4) is 0 Å². The third-order valence-corrected chi connectivity index (χ3v) is 5.61. The Morgan fingerprint density at radius 2 is 0.696 bits per heavy atom. The van der Waals surface area contributed by atoms with Crippen LogP contribution in [-0.4, -0.2) is 150 Å². The fraction of sp³-hybridized carbons (Fsp3) is 0.533. The molecule has 0 aliphatic carbocycles. The summed E-state index contributed by atoms with van der Waals surface area (Å²) < 4.78 is 20.5. The van der Waals surface area contributed by atoms with E-state index < -0.39 is 23.6 Å². The molecule has 46 heavy (non-hydrogen) atoms. The van der Waals surface area contributed by atoms with Crippen molar-refractivity contribution in [2.75, 3.05) is 105 Å². The molecule has 258 valence electrons. The van der Waals surface area contributed by atoms with E-state index in [-0.39, 0.29) is 117 Å². The van der Waals surface area contributed by atoms with Crippen molar-refractivity contribution in [2.24, 2.45) is 0 Å². The molecular formula is C30H46N4O12. The first-order chi connectivity index (χ1) is 22.4. The second-order valence-electron chi connectivity index (χ2n) is 9.15. The second-order valence-corrected chi connectivity index (χ2v) is 9.15. The van der Waals surface area contributed by atoms with Gasteiger partial charge in [-0.25, -0.2) is 0 Å². The summed E-state index contributed by atoms with van der Waals surface area (Å²) >= 11 is 0. The zero-order valence-corrected chi connectivity index (χ0v) is 25.8. The maximum Gasteiger partial charge on any atom is 0.256 e. The van der Waals surface area contributed by atoms with E-state index in [4.69, 9.17) is 39.4 Å². The highest BCUT2D eigenvalue weighted by Crippen LogP contribution is 2.13. The quantitative estimate of drug-likeness (QED) is 0.0216. The molecule has 0 spiro atoms. The minimum atomic E-state index is -0.660. The molecule has 1 aromatic rings. The smallest absolute Gasteiger partial charge is 0.256 e. The van der Waals surface area contributed by atoms with Crippen molar-refractivity contribution in [1.29, 1.82) is 0 Å². The topological polar surface area (TPSA) is 234 Å². The average molecular weight is 655 g/mol. The lowest BCUT2D eigenvalue weighted by Crippen LogP contribution is -2.37. The third kappa shape index (κ3) is 18.3. The van der Waals surface area contributed by atoms with Crippen LogP contribution in [0.2, 0.25) is 0 Å². The minimum absolute atomic E-state index is 0.0980. The van der Waals surface area contributed by atoms with Crippen LogP contribution in [0, 0.1) is 0 Å². The zero-order chi connectivity index (χ0) is 33.8. The van der Waals surface area contributed by atoms with Gasteiger partial charge in [0.1, 0.15) is 11.1 Å². The Balaban J connectivity index is 3.12. The first-order valence-electron chi connectivity index (χ1n) is 14.8. The molecule has 1 rings (SSSR count). The SMILES string of the molecule is O=C(NCCOCCO)C(=Cc1ccc(C=C(C(=O)NCCOCCO)C(=O)NCCOCCO)cc1)C(=O)NCCOCCO. The molecule has 0 unspecified atom stereocenters. The van der Waals surface area contributed by atoms with Crippen LogP contribution in [0.3, 0.4) is 0 Å². The van der Waals surface area contributed by atoms with Gasteiger partial charge in [0.05, 0.1) is 79.3 Å². The Hall–Kier alpha value is -3.74. The predicted molar refractivity (Wildman–Crippen MR) is 166 cm³/mol. The van der Waals surface area contributed by atoms with Gasteiger partial charge in [-0.3, -0.25) is 19.2 Å². The lowest BCUT2D eigenvalue weighted by molar-refractivity contribution is -0.125. The number of hydrogen-bond acceptors (Lipinski definition) is 12. The van der Waals surface area contributed by atoms with Crippen LogP contribution in [-0.2, 0) is 38.1 Å². The summed E-state index contributed by atoms with van der Waals surface area (Å²) in [4.78, 5) is 51.4. The number of carbonyl (C=O) groups is 4. The number of rotatable bonds is 26. The summed E-state index contributed by atoms with van der Waals surface area (Å²) in [5.74, 6) is -2.64. The normalized spacial score (nSPS) is 10.5. The lowest BCUT2D eigenvalue weighted by atomic mass is 10.0. The predicted octanol–water partition coefficient (Wildman–Crippen LogP) is -3.05. The number of carbonyl (C=O) groups excluding carboxylic acids is 4. The van der Waals surface area contributed by atoms with Crippen LogP contribution >= 0.6 is 0 Å². The average Bonchev–Trinajstić information content (AvgIpc) is 3.05. The summed E-state index contributed by atoms with van der Waals surface area (Å²) in [7, 11) is 0. The molecule has 0 aliphatic rings. The standard InChI is InChI=1S/C30H46N4O12/c35-9-17-43-13-5-31-27(39)25(28(40)32-6-14-44-18-10-36)21-23-1-2-24(4-3-23)22-26(29(41)33-7-15-45-19-11-37)30(42)34-8-16-46-20-12-38/h1-4,21-22,35-38H,5-20H2,(H,31,39)(H,32,40)(H,33,41)(H,34,42). The van der Waals surface area contributed by atoms with Crippen LogP contribution < -0.4 is 21.3 Å². The highest BCUT2D eigenvalue weighted by atomic mass is 16.5. The van der Waals surface area contributed by atoms with Crippen molar-refractivity contribution in [2.45, 2.75) is 0 Å². The Kier molecular flexibility index (Phi) is 23.2. The van der Waals surface area contributed by atoms with E-state index in [9.17, 15) is 19.2 Å². The Labute approximate surface area is 267 Å². The van der Waals surface area contributed by atoms with Gasteiger partial charge in [-0.15, -0.1) is 0 Å². The molecule has 1 aromatic carbocycles. The number of hydrogen-bond donors (Lipinski definition) is 8. The van der Waals surface area contributed by atoms with Gasteiger partial charge in [0.15, 0.2) is 0 Å². The van der Waals surface area contributed by atoms with E-state index in [1.807, 2.05) is 0 Å². The van der Waals surface area contributed by atoms with E-state index >= 15 is 0 Å².